The molecule has 1 aliphatic carbocycles. The Hall–Kier alpha value is -1.42. The number of imidazole rings is 1. The van der Waals surface area contributed by atoms with Crippen LogP contribution in [0, 0.1) is 11.7 Å². The van der Waals surface area contributed by atoms with Crippen LogP contribution in [0.1, 0.15) is 37.5 Å². The number of rotatable bonds is 3. The number of hydrogen-bond donors (Lipinski definition) is 1. The third kappa shape index (κ3) is 2.12. The van der Waals surface area contributed by atoms with Crippen molar-refractivity contribution in [1.82, 2.24) is 14.9 Å². The third-order valence-electron chi connectivity index (χ3n) is 4.53. The lowest BCUT2D eigenvalue weighted by atomic mass is 9.96. The maximum absolute atomic E-state index is 14.0. The summed E-state index contributed by atoms with van der Waals surface area (Å²) >= 11 is 0. The number of para-hydroxylation sites is 1. The average Bonchev–Trinajstić information content (AvgIpc) is 3.23. The van der Waals surface area contributed by atoms with Crippen molar-refractivity contribution in [1.29, 1.82) is 0 Å². The predicted octanol–water partition coefficient (Wildman–Crippen LogP) is 3.05. The van der Waals surface area contributed by atoms with Crippen molar-refractivity contribution < 1.29 is 4.39 Å². The SMILES string of the molecule is Fc1cccc2c1nc(CC1CCCNC1)n2C1CC1. The highest BCUT2D eigenvalue weighted by atomic mass is 19.1. The maximum Gasteiger partial charge on any atom is 0.151 e. The van der Waals surface area contributed by atoms with Gasteiger partial charge in [0.05, 0.1) is 5.52 Å². The Morgan fingerprint density at radius 1 is 1.30 bits per heavy atom. The molecule has 106 valence electrons. The molecule has 1 aromatic heterocycles. The first-order valence-corrected chi connectivity index (χ1v) is 7.69. The maximum atomic E-state index is 14.0. The number of nitrogens with zero attached hydrogens (tertiary/aromatic N) is 2. The second-order valence-electron chi connectivity index (χ2n) is 6.15. The number of benzene rings is 1. The summed E-state index contributed by atoms with van der Waals surface area (Å²) in [6.45, 7) is 2.19. The Bertz CT molecular complexity index is 624. The summed E-state index contributed by atoms with van der Waals surface area (Å²) in [4.78, 5) is 4.63. The van der Waals surface area contributed by atoms with Crippen molar-refractivity contribution in [2.45, 2.75) is 38.1 Å². The van der Waals surface area contributed by atoms with Gasteiger partial charge in [0.25, 0.3) is 0 Å². The summed E-state index contributed by atoms with van der Waals surface area (Å²) in [5, 5.41) is 3.45. The van der Waals surface area contributed by atoms with Crippen molar-refractivity contribution in [3.63, 3.8) is 0 Å². The molecule has 1 saturated heterocycles. The van der Waals surface area contributed by atoms with E-state index in [1.54, 1.807) is 6.07 Å². The van der Waals surface area contributed by atoms with E-state index in [-0.39, 0.29) is 5.82 Å². The lowest BCUT2D eigenvalue weighted by Crippen LogP contribution is -2.31. The Morgan fingerprint density at radius 2 is 2.20 bits per heavy atom. The molecular weight excluding hydrogens is 253 g/mol. The number of halogens is 1. The Balaban J connectivity index is 1.73. The van der Waals surface area contributed by atoms with Crippen LogP contribution in [0.15, 0.2) is 18.2 Å². The highest BCUT2D eigenvalue weighted by molar-refractivity contribution is 5.77. The molecule has 3 nitrogen and oxygen atoms in total. The molecule has 0 spiro atoms. The molecule has 4 heteroatoms. The van der Waals surface area contributed by atoms with Crippen molar-refractivity contribution in [2.75, 3.05) is 13.1 Å². The standard InChI is InChI=1S/C16H20FN3/c17-13-4-1-5-14-16(13)19-15(20(14)12-6-7-12)9-11-3-2-8-18-10-11/h1,4-5,11-12,18H,2-3,6-10H2. The van der Waals surface area contributed by atoms with Crippen LogP contribution in [-0.4, -0.2) is 22.6 Å². The molecule has 0 bridgehead atoms. The minimum absolute atomic E-state index is 0.190. The van der Waals surface area contributed by atoms with E-state index in [1.807, 2.05) is 6.07 Å². The van der Waals surface area contributed by atoms with Crippen molar-refractivity contribution in [3.8, 4) is 0 Å². The highest BCUT2D eigenvalue weighted by Crippen LogP contribution is 2.39. The molecule has 4 rings (SSSR count). The van der Waals surface area contributed by atoms with Gasteiger partial charge in [-0.15, -0.1) is 0 Å². The van der Waals surface area contributed by atoms with Gasteiger partial charge in [-0.25, -0.2) is 9.37 Å². The van der Waals surface area contributed by atoms with Crippen LogP contribution in [0.4, 0.5) is 4.39 Å². The van der Waals surface area contributed by atoms with E-state index in [4.69, 9.17) is 0 Å². The first kappa shape index (κ1) is 12.3. The monoisotopic (exact) mass is 273 g/mol. The molecule has 1 atom stereocenters. The second kappa shape index (κ2) is 4.85. The first-order chi connectivity index (χ1) is 9.83. The van der Waals surface area contributed by atoms with E-state index in [0.717, 1.165) is 30.9 Å². The van der Waals surface area contributed by atoms with E-state index in [9.17, 15) is 4.39 Å². The zero-order valence-electron chi connectivity index (χ0n) is 11.6. The molecular formula is C16H20FN3. The second-order valence-corrected chi connectivity index (χ2v) is 6.15. The minimum atomic E-state index is -0.190. The number of hydrogen-bond acceptors (Lipinski definition) is 2. The lowest BCUT2D eigenvalue weighted by Gasteiger charge is -2.22. The van der Waals surface area contributed by atoms with E-state index in [2.05, 4.69) is 14.9 Å². The van der Waals surface area contributed by atoms with Gasteiger partial charge in [0.15, 0.2) is 5.82 Å². The van der Waals surface area contributed by atoms with E-state index in [1.165, 1.54) is 31.7 Å². The number of nitrogens with one attached hydrogen (secondary N) is 1. The molecule has 1 aromatic carbocycles. The number of fused-ring (bicyclic) bond motifs is 1. The van der Waals surface area contributed by atoms with Crippen LogP contribution >= 0.6 is 0 Å². The topological polar surface area (TPSA) is 29.9 Å². The van der Waals surface area contributed by atoms with Gasteiger partial charge in [-0.2, -0.15) is 0 Å². The third-order valence-corrected chi connectivity index (χ3v) is 4.53. The quantitative estimate of drug-likeness (QED) is 0.931. The lowest BCUT2D eigenvalue weighted by molar-refractivity contribution is 0.367. The summed E-state index contributed by atoms with van der Waals surface area (Å²) < 4.78 is 16.3. The summed E-state index contributed by atoms with van der Waals surface area (Å²) in [7, 11) is 0. The van der Waals surface area contributed by atoms with Crippen LogP contribution in [0.3, 0.4) is 0 Å². The molecule has 1 unspecified atom stereocenters. The molecule has 2 fully saturated rings. The normalized spacial score (nSPS) is 23.4. The Morgan fingerprint density at radius 3 is 2.95 bits per heavy atom. The van der Waals surface area contributed by atoms with Crippen LogP contribution in [0.25, 0.3) is 11.0 Å². The van der Waals surface area contributed by atoms with E-state index in [0.29, 0.717) is 17.5 Å². The molecule has 2 aliphatic rings. The van der Waals surface area contributed by atoms with Gasteiger partial charge in [-0.3, -0.25) is 0 Å². The van der Waals surface area contributed by atoms with Crippen molar-refractivity contribution in [2.24, 2.45) is 5.92 Å². The molecule has 0 amide bonds. The zero-order chi connectivity index (χ0) is 13.5. The minimum Gasteiger partial charge on any atom is -0.325 e. The molecule has 20 heavy (non-hydrogen) atoms. The largest absolute Gasteiger partial charge is 0.325 e. The van der Waals surface area contributed by atoms with Gasteiger partial charge < -0.3 is 9.88 Å². The fourth-order valence-electron chi connectivity index (χ4n) is 3.37. The summed E-state index contributed by atoms with van der Waals surface area (Å²) in [5.41, 5.74) is 1.53. The van der Waals surface area contributed by atoms with Gasteiger partial charge in [0.1, 0.15) is 11.3 Å². The number of aromatic nitrogens is 2. The molecule has 1 saturated carbocycles. The summed E-state index contributed by atoms with van der Waals surface area (Å²) in [6, 6.07) is 5.86. The first-order valence-electron chi connectivity index (χ1n) is 7.69. The van der Waals surface area contributed by atoms with E-state index >= 15 is 0 Å². The fourth-order valence-corrected chi connectivity index (χ4v) is 3.37. The highest BCUT2D eigenvalue weighted by Gasteiger charge is 2.29. The summed E-state index contributed by atoms with van der Waals surface area (Å²) in [6.07, 6.45) is 5.87. The van der Waals surface area contributed by atoms with Gasteiger partial charge in [0, 0.05) is 12.5 Å². The smallest absolute Gasteiger partial charge is 0.151 e. The van der Waals surface area contributed by atoms with Crippen LogP contribution in [0.5, 0.6) is 0 Å². The van der Waals surface area contributed by atoms with Gasteiger partial charge in [0.2, 0.25) is 0 Å². The molecule has 2 aromatic rings. The average molecular weight is 273 g/mol. The van der Waals surface area contributed by atoms with Crippen LogP contribution < -0.4 is 5.32 Å². The fraction of sp³-hybridized carbons (Fsp3) is 0.562. The van der Waals surface area contributed by atoms with Crippen LogP contribution in [0.2, 0.25) is 0 Å². The van der Waals surface area contributed by atoms with E-state index < -0.39 is 0 Å². The zero-order valence-corrected chi connectivity index (χ0v) is 11.6. The van der Waals surface area contributed by atoms with Crippen LogP contribution in [-0.2, 0) is 6.42 Å². The molecule has 2 heterocycles. The molecule has 0 radical (unpaired) electrons. The molecule has 1 N–H and O–H groups in total. The van der Waals surface area contributed by atoms with Crippen molar-refractivity contribution in [3.05, 3.63) is 29.8 Å². The van der Waals surface area contributed by atoms with Crippen molar-refractivity contribution >= 4 is 11.0 Å². The molecule has 1 aliphatic heterocycles. The summed E-state index contributed by atoms with van der Waals surface area (Å²) in [5.74, 6) is 1.53. The van der Waals surface area contributed by atoms with Gasteiger partial charge in [-0.1, -0.05) is 6.07 Å². The number of piperidine rings is 1. The van der Waals surface area contributed by atoms with Gasteiger partial charge >= 0.3 is 0 Å². The predicted molar refractivity (Wildman–Crippen MR) is 77.3 cm³/mol. The van der Waals surface area contributed by atoms with Gasteiger partial charge in [-0.05, 0) is 56.8 Å². The Labute approximate surface area is 118 Å². The Kier molecular flexibility index (Phi) is 2.99.